The summed E-state index contributed by atoms with van der Waals surface area (Å²) in [4.78, 5) is 5.77. The van der Waals surface area contributed by atoms with Gasteiger partial charge in [0.05, 0.1) is 12.3 Å². The lowest BCUT2D eigenvalue weighted by atomic mass is 10.1. The molecule has 0 bridgehead atoms. The average molecular weight is 276 g/mol. The van der Waals surface area contributed by atoms with Gasteiger partial charge in [0, 0.05) is 23.6 Å². The molecule has 0 amide bonds. The molecule has 0 aliphatic heterocycles. The van der Waals surface area contributed by atoms with E-state index >= 15 is 0 Å². The highest BCUT2D eigenvalue weighted by molar-refractivity contribution is 7.15. The van der Waals surface area contributed by atoms with E-state index in [-0.39, 0.29) is 6.04 Å². The van der Waals surface area contributed by atoms with E-state index in [1.165, 1.54) is 5.56 Å². The Labute approximate surface area is 118 Å². The number of hydrogen-bond donors (Lipinski definition) is 1. The summed E-state index contributed by atoms with van der Waals surface area (Å²) < 4.78 is 5.19. The number of aryl methyl sites for hydroxylation is 1. The first-order valence-corrected chi connectivity index (χ1v) is 7.30. The summed E-state index contributed by atoms with van der Waals surface area (Å²) in [6, 6.07) is 8.54. The molecule has 2 N–H and O–H groups in total. The number of nitrogens with two attached hydrogens (primary N) is 1. The van der Waals surface area contributed by atoms with Gasteiger partial charge in [0.15, 0.2) is 0 Å². The number of rotatable bonds is 5. The normalized spacial score (nSPS) is 12.6. The summed E-state index contributed by atoms with van der Waals surface area (Å²) in [6.45, 7) is 4.65. The maximum atomic E-state index is 6.00. The summed E-state index contributed by atoms with van der Waals surface area (Å²) in [5.41, 5.74) is 9.44. The van der Waals surface area contributed by atoms with Crippen LogP contribution in [0.2, 0.25) is 0 Å². The summed E-state index contributed by atoms with van der Waals surface area (Å²) in [5, 5.41) is 1.02. The maximum absolute atomic E-state index is 6.00. The Morgan fingerprint density at radius 3 is 2.53 bits per heavy atom. The number of benzene rings is 1. The second kappa shape index (κ2) is 6.28. The van der Waals surface area contributed by atoms with Crippen LogP contribution < -0.4 is 5.73 Å². The minimum atomic E-state index is -0.00804. The van der Waals surface area contributed by atoms with E-state index in [0.29, 0.717) is 6.61 Å². The molecular formula is C15H20N2OS. The lowest BCUT2D eigenvalue weighted by molar-refractivity contribution is 0.181. The number of hydrogen-bond acceptors (Lipinski definition) is 4. The molecule has 0 spiro atoms. The summed E-state index contributed by atoms with van der Waals surface area (Å²) in [7, 11) is 1.68. The second-order valence-corrected chi connectivity index (χ2v) is 5.63. The van der Waals surface area contributed by atoms with Crippen molar-refractivity contribution in [3.63, 3.8) is 0 Å². The molecule has 2 rings (SSSR count). The van der Waals surface area contributed by atoms with Gasteiger partial charge in [-0.2, -0.15) is 0 Å². The Morgan fingerprint density at radius 1 is 1.32 bits per heavy atom. The van der Waals surface area contributed by atoms with Crippen molar-refractivity contribution >= 4 is 11.3 Å². The minimum absolute atomic E-state index is 0.00804. The molecule has 0 fully saturated rings. The SMILES string of the molecule is CCc1ccc(-c2nc(COC)c(C(C)N)s2)cc1. The van der Waals surface area contributed by atoms with Gasteiger partial charge in [-0.05, 0) is 18.9 Å². The van der Waals surface area contributed by atoms with Gasteiger partial charge in [-0.15, -0.1) is 11.3 Å². The van der Waals surface area contributed by atoms with E-state index in [2.05, 4.69) is 36.2 Å². The van der Waals surface area contributed by atoms with Gasteiger partial charge in [0.1, 0.15) is 5.01 Å². The van der Waals surface area contributed by atoms with Gasteiger partial charge in [-0.25, -0.2) is 4.98 Å². The molecule has 1 aromatic heterocycles. The Hall–Kier alpha value is -1.23. The van der Waals surface area contributed by atoms with Crippen molar-refractivity contribution in [3.05, 3.63) is 40.4 Å². The van der Waals surface area contributed by atoms with Gasteiger partial charge in [-0.3, -0.25) is 0 Å². The van der Waals surface area contributed by atoms with Gasteiger partial charge in [-0.1, -0.05) is 31.2 Å². The molecule has 0 aliphatic carbocycles. The topological polar surface area (TPSA) is 48.1 Å². The summed E-state index contributed by atoms with van der Waals surface area (Å²) in [5.74, 6) is 0. The van der Waals surface area contributed by atoms with Crippen LogP contribution in [0.4, 0.5) is 0 Å². The maximum Gasteiger partial charge on any atom is 0.124 e. The van der Waals surface area contributed by atoms with E-state index in [1.54, 1.807) is 18.4 Å². The largest absolute Gasteiger partial charge is 0.378 e. The predicted molar refractivity (Wildman–Crippen MR) is 80.2 cm³/mol. The van der Waals surface area contributed by atoms with Crippen LogP contribution in [0.25, 0.3) is 10.6 Å². The number of thiazole rings is 1. The molecule has 0 radical (unpaired) electrons. The van der Waals surface area contributed by atoms with E-state index < -0.39 is 0 Å². The zero-order valence-corrected chi connectivity index (χ0v) is 12.5. The molecule has 0 aliphatic rings. The van der Waals surface area contributed by atoms with Crippen LogP contribution in [0.1, 0.15) is 36.0 Å². The molecule has 1 aromatic carbocycles. The third-order valence-electron chi connectivity index (χ3n) is 3.03. The van der Waals surface area contributed by atoms with Crippen molar-refractivity contribution in [2.45, 2.75) is 32.9 Å². The molecular weight excluding hydrogens is 256 g/mol. The Balaban J connectivity index is 2.35. The molecule has 3 nitrogen and oxygen atoms in total. The van der Waals surface area contributed by atoms with Crippen molar-refractivity contribution in [2.24, 2.45) is 5.73 Å². The number of ether oxygens (including phenoxy) is 1. The third kappa shape index (κ3) is 3.21. The van der Waals surface area contributed by atoms with Gasteiger partial charge in [0.25, 0.3) is 0 Å². The van der Waals surface area contributed by atoms with Crippen LogP contribution >= 0.6 is 11.3 Å². The van der Waals surface area contributed by atoms with Crippen molar-refractivity contribution in [2.75, 3.05) is 7.11 Å². The number of aromatic nitrogens is 1. The number of nitrogens with zero attached hydrogens (tertiary/aromatic N) is 1. The Morgan fingerprint density at radius 2 is 2.00 bits per heavy atom. The van der Waals surface area contributed by atoms with Crippen LogP contribution in [0.5, 0.6) is 0 Å². The summed E-state index contributed by atoms with van der Waals surface area (Å²) >= 11 is 1.66. The van der Waals surface area contributed by atoms with Gasteiger partial charge < -0.3 is 10.5 Å². The predicted octanol–water partition coefficient (Wildman–Crippen LogP) is 3.54. The van der Waals surface area contributed by atoms with Crippen LogP contribution in [0.15, 0.2) is 24.3 Å². The van der Waals surface area contributed by atoms with Crippen LogP contribution in [-0.4, -0.2) is 12.1 Å². The lowest BCUT2D eigenvalue weighted by Gasteiger charge is -2.03. The van der Waals surface area contributed by atoms with Crippen LogP contribution in [0.3, 0.4) is 0 Å². The monoisotopic (exact) mass is 276 g/mol. The van der Waals surface area contributed by atoms with E-state index in [0.717, 1.165) is 27.6 Å². The zero-order chi connectivity index (χ0) is 13.8. The fraction of sp³-hybridized carbons (Fsp3) is 0.400. The summed E-state index contributed by atoms with van der Waals surface area (Å²) in [6.07, 6.45) is 1.05. The second-order valence-electron chi connectivity index (χ2n) is 4.60. The molecule has 1 heterocycles. The fourth-order valence-electron chi connectivity index (χ4n) is 1.97. The molecule has 102 valence electrons. The third-order valence-corrected chi connectivity index (χ3v) is 4.38. The zero-order valence-electron chi connectivity index (χ0n) is 11.6. The molecule has 2 aromatic rings. The minimum Gasteiger partial charge on any atom is -0.378 e. The average Bonchev–Trinajstić information content (AvgIpc) is 2.83. The Kier molecular flexibility index (Phi) is 4.69. The smallest absolute Gasteiger partial charge is 0.124 e. The van der Waals surface area contributed by atoms with E-state index in [4.69, 9.17) is 10.5 Å². The first kappa shape index (κ1) is 14.2. The van der Waals surface area contributed by atoms with E-state index in [1.807, 2.05) is 6.92 Å². The highest BCUT2D eigenvalue weighted by atomic mass is 32.1. The van der Waals surface area contributed by atoms with Crippen molar-refractivity contribution in [1.29, 1.82) is 0 Å². The van der Waals surface area contributed by atoms with Crippen LogP contribution in [-0.2, 0) is 17.8 Å². The quantitative estimate of drug-likeness (QED) is 0.908. The molecule has 4 heteroatoms. The van der Waals surface area contributed by atoms with Crippen molar-refractivity contribution < 1.29 is 4.74 Å². The fourth-order valence-corrected chi connectivity index (χ4v) is 2.99. The highest BCUT2D eigenvalue weighted by Gasteiger charge is 2.15. The first-order chi connectivity index (χ1) is 9.15. The van der Waals surface area contributed by atoms with Gasteiger partial charge in [0.2, 0.25) is 0 Å². The molecule has 0 saturated heterocycles. The standard InChI is InChI=1S/C15H20N2OS/c1-4-11-5-7-12(8-6-11)15-17-13(9-18-3)14(19-15)10(2)16/h5-8,10H,4,9,16H2,1-3H3. The molecule has 1 unspecified atom stereocenters. The lowest BCUT2D eigenvalue weighted by Crippen LogP contribution is -2.06. The van der Waals surface area contributed by atoms with E-state index in [9.17, 15) is 0 Å². The number of methoxy groups -OCH3 is 1. The Bertz CT molecular complexity index is 532. The van der Waals surface area contributed by atoms with Gasteiger partial charge >= 0.3 is 0 Å². The highest BCUT2D eigenvalue weighted by Crippen LogP contribution is 2.31. The first-order valence-electron chi connectivity index (χ1n) is 6.49. The molecule has 0 saturated carbocycles. The molecule has 19 heavy (non-hydrogen) atoms. The van der Waals surface area contributed by atoms with Crippen molar-refractivity contribution in [1.82, 2.24) is 4.98 Å². The van der Waals surface area contributed by atoms with Crippen molar-refractivity contribution in [3.8, 4) is 10.6 Å². The molecule has 1 atom stereocenters. The van der Waals surface area contributed by atoms with Crippen LogP contribution in [0, 0.1) is 0 Å².